The zero-order valence-corrected chi connectivity index (χ0v) is 14.1. The lowest BCUT2D eigenvalue weighted by Gasteiger charge is -2.32. The van der Waals surface area contributed by atoms with Crippen molar-refractivity contribution in [1.82, 2.24) is 9.99 Å². The molecule has 1 N–H and O–H groups in total. The smallest absolute Gasteiger partial charge is 0.362 e. The molecule has 0 radical (unpaired) electrons. The van der Waals surface area contributed by atoms with Crippen LogP contribution < -0.4 is 0 Å². The Kier molecular flexibility index (Phi) is 4.86. The largest absolute Gasteiger partial charge is 0.438 e. The van der Waals surface area contributed by atoms with E-state index in [1.807, 2.05) is 0 Å². The highest BCUT2D eigenvalue weighted by Gasteiger charge is 2.63. The highest BCUT2D eigenvalue weighted by Crippen LogP contribution is 2.41. The molecule has 1 amide bonds. The fourth-order valence-electron chi connectivity index (χ4n) is 2.71. The van der Waals surface area contributed by atoms with E-state index < -0.39 is 35.6 Å². The molecular weight excluding hydrogens is 381 g/mol. The van der Waals surface area contributed by atoms with Gasteiger partial charge in [-0.3, -0.25) is 19.9 Å². The number of hydrogen-bond acceptors (Lipinski definition) is 6. The van der Waals surface area contributed by atoms with Crippen molar-refractivity contribution >= 4 is 17.3 Å². The van der Waals surface area contributed by atoms with Crippen molar-refractivity contribution < 1.29 is 28.0 Å². The first-order valence-electron chi connectivity index (χ1n) is 7.95. The van der Waals surface area contributed by atoms with E-state index in [0.717, 1.165) is 12.1 Å². The molecule has 0 saturated carbocycles. The molecule has 1 aliphatic rings. The number of amides is 1. The van der Waals surface area contributed by atoms with E-state index in [1.165, 1.54) is 36.7 Å². The predicted octanol–water partition coefficient (Wildman–Crippen LogP) is 2.42. The van der Waals surface area contributed by atoms with Crippen LogP contribution in [-0.2, 0) is 11.2 Å². The Morgan fingerprint density at radius 2 is 1.96 bits per heavy atom. The molecule has 0 saturated heterocycles. The van der Waals surface area contributed by atoms with Gasteiger partial charge in [-0.25, -0.2) is 0 Å². The van der Waals surface area contributed by atoms with Gasteiger partial charge in [0.2, 0.25) is 5.91 Å². The summed E-state index contributed by atoms with van der Waals surface area (Å²) in [6.07, 6.45) is -3.91. The Balaban J connectivity index is 1.90. The standard InChI is InChI=1S/C17H13F3N4O4/c18-17(19,20)16(26)9-14(12-2-1-7-21-10-12)22-23(16)15(25)8-11-3-5-13(6-4-11)24(27)28/h1-7,10,26H,8-9H2. The highest BCUT2D eigenvalue weighted by molar-refractivity contribution is 6.03. The summed E-state index contributed by atoms with van der Waals surface area (Å²) in [6, 6.07) is 7.73. The number of hydrazone groups is 1. The van der Waals surface area contributed by atoms with Crippen LogP contribution in [0.5, 0.6) is 0 Å². The van der Waals surface area contributed by atoms with E-state index in [9.17, 15) is 33.2 Å². The molecule has 0 aliphatic carbocycles. The van der Waals surface area contributed by atoms with Crippen molar-refractivity contribution in [3.63, 3.8) is 0 Å². The molecule has 28 heavy (non-hydrogen) atoms. The molecule has 2 heterocycles. The highest BCUT2D eigenvalue weighted by atomic mass is 19.4. The summed E-state index contributed by atoms with van der Waals surface area (Å²) in [6.45, 7) is 0. The molecule has 1 unspecified atom stereocenters. The van der Waals surface area contributed by atoms with Gasteiger partial charge in [0.25, 0.3) is 11.4 Å². The summed E-state index contributed by atoms with van der Waals surface area (Å²) in [7, 11) is 0. The Hall–Kier alpha value is -3.34. The van der Waals surface area contributed by atoms with Crippen molar-refractivity contribution in [1.29, 1.82) is 0 Å². The molecular formula is C17H13F3N4O4. The zero-order valence-electron chi connectivity index (χ0n) is 14.1. The fourth-order valence-corrected chi connectivity index (χ4v) is 2.71. The van der Waals surface area contributed by atoms with E-state index >= 15 is 0 Å². The van der Waals surface area contributed by atoms with Gasteiger partial charge in [0.05, 0.1) is 23.5 Å². The first-order chi connectivity index (χ1) is 13.1. The van der Waals surface area contributed by atoms with Gasteiger partial charge in [0.1, 0.15) is 0 Å². The zero-order chi connectivity index (χ0) is 20.5. The third-order valence-corrected chi connectivity index (χ3v) is 4.17. The molecule has 146 valence electrons. The molecule has 0 fully saturated rings. The number of nitro benzene ring substituents is 1. The van der Waals surface area contributed by atoms with Crippen molar-refractivity contribution in [2.45, 2.75) is 24.7 Å². The Bertz CT molecular complexity index is 932. The minimum atomic E-state index is -5.15. The van der Waals surface area contributed by atoms with Crippen molar-refractivity contribution in [2.75, 3.05) is 0 Å². The molecule has 0 bridgehead atoms. The Morgan fingerprint density at radius 3 is 2.50 bits per heavy atom. The summed E-state index contributed by atoms with van der Waals surface area (Å²) in [4.78, 5) is 26.3. The second-order valence-corrected chi connectivity index (χ2v) is 6.09. The van der Waals surface area contributed by atoms with Crippen LogP contribution in [0.1, 0.15) is 17.5 Å². The average molecular weight is 394 g/mol. The molecule has 1 atom stereocenters. The SMILES string of the molecule is O=C(Cc1ccc([N+](=O)[O-])cc1)N1N=C(c2cccnc2)CC1(O)C(F)(F)F. The molecule has 1 aromatic heterocycles. The summed E-state index contributed by atoms with van der Waals surface area (Å²) in [5, 5.41) is 24.6. The third-order valence-electron chi connectivity index (χ3n) is 4.17. The van der Waals surface area contributed by atoms with Crippen LogP contribution in [0.2, 0.25) is 0 Å². The van der Waals surface area contributed by atoms with Crippen LogP contribution in [0.25, 0.3) is 0 Å². The first-order valence-corrected chi connectivity index (χ1v) is 7.95. The third kappa shape index (κ3) is 3.56. The van der Waals surface area contributed by atoms with Crippen LogP contribution in [0.15, 0.2) is 53.9 Å². The van der Waals surface area contributed by atoms with Gasteiger partial charge in [-0.1, -0.05) is 18.2 Å². The number of hydrogen-bond donors (Lipinski definition) is 1. The second-order valence-electron chi connectivity index (χ2n) is 6.09. The van der Waals surface area contributed by atoms with Crippen molar-refractivity contribution in [3.8, 4) is 0 Å². The number of rotatable bonds is 4. The summed E-state index contributed by atoms with van der Waals surface area (Å²) >= 11 is 0. The molecule has 2 aromatic rings. The Labute approximate surface area is 156 Å². The van der Waals surface area contributed by atoms with Gasteiger partial charge in [-0.2, -0.15) is 23.3 Å². The molecule has 8 nitrogen and oxygen atoms in total. The minimum Gasteiger partial charge on any atom is -0.362 e. The van der Waals surface area contributed by atoms with Crippen LogP contribution >= 0.6 is 0 Å². The summed E-state index contributed by atoms with van der Waals surface area (Å²) < 4.78 is 40.6. The first kappa shape index (κ1) is 19.4. The lowest BCUT2D eigenvalue weighted by molar-refractivity contribution is -0.384. The normalized spacial score (nSPS) is 19.4. The number of aliphatic hydroxyl groups is 1. The van der Waals surface area contributed by atoms with E-state index in [4.69, 9.17) is 0 Å². The quantitative estimate of drug-likeness (QED) is 0.633. The summed E-state index contributed by atoms with van der Waals surface area (Å²) in [5.74, 6) is -1.10. The number of halogens is 3. The van der Waals surface area contributed by atoms with E-state index in [1.54, 1.807) is 0 Å². The topological polar surface area (TPSA) is 109 Å². The van der Waals surface area contributed by atoms with Gasteiger partial charge in [0.15, 0.2) is 0 Å². The van der Waals surface area contributed by atoms with Crippen LogP contribution in [-0.4, -0.2) is 43.5 Å². The molecule has 1 aromatic carbocycles. The van der Waals surface area contributed by atoms with Gasteiger partial charge >= 0.3 is 6.18 Å². The van der Waals surface area contributed by atoms with Gasteiger partial charge in [-0.15, -0.1) is 0 Å². The lowest BCUT2D eigenvalue weighted by Crippen LogP contribution is -2.57. The average Bonchev–Trinajstić information content (AvgIpc) is 3.02. The fraction of sp³-hybridized carbons (Fsp3) is 0.235. The maximum atomic E-state index is 13.5. The molecule has 3 rings (SSSR count). The van der Waals surface area contributed by atoms with Crippen LogP contribution in [0, 0.1) is 10.1 Å². The van der Waals surface area contributed by atoms with E-state index in [-0.39, 0.29) is 27.5 Å². The van der Waals surface area contributed by atoms with Gasteiger partial charge < -0.3 is 5.11 Å². The van der Waals surface area contributed by atoms with Crippen molar-refractivity contribution in [2.24, 2.45) is 5.10 Å². The lowest BCUT2D eigenvalue weighted by atomic mass is 10.0. The number of non-ortho nitro benzene ring substituents is 1. The maximum Gasteiger partial charge on any atom is 0.438 e. The van der Waals surface area contributed by atoms with Crippen molar-refractivity contribution in [3.05, 3.63) is 70.0 Å². The van der Waals surface area contributed by atoms with E-state index in [2.05, 4.69) is 10.1 Å². The van der Waals surface area contributed by atoms with Crippen LogP contribution in [0.3, 0.4) is 0 Å². The molecule has 11 heteroatoms. The Morgan fingerprint density at radius 1 is 1.29 bits per heavy atom. The number of aromatic nitrogens is 1. The van der Waals surface area contributed by atoms with E-state index in [0.29, 0.717) is 0 Å². The second kappa shape index (κ2) is 7.00. The number of nitro groups is 1. The number of pyridine rings is 1. The molecule has 0 spiro atoms. The maximum absolute atomic E-state index is 13.5. The number of carbonyl (C=O) groups excluding carboxylic acids is 1. The number of benzene rings is 1. The monoisotopic (exact) mass is 394 g/mol. The summed E-state index contributed by atoms with van der Waals surface area (Å²) in [5.41, 5.74) is -3.36. The predicted molar refractivity (Wildman–Crippen MR) is 90.0 cm³/mol. The minimum absolute atomic E-state index is 0.0245. The molecule has 1 aliphatic heterocycles. The number of nitrogens with zero attached hydrogens (tertiary/aromatic N) is 4. The number of alkyl halides is 3. The van der Waals surface area contributed by atoms with Gasteiger partial charge in [-0.05, 0) is 11.6 Å². The van der Waals surface area contributed by atoms with Crippen LogP contribution in [0.4, 0.5) is 18.9 Å². The van der Waals surface area contributed by atoms with Gasteiger partial charge in [0, 0.05) is 30.1 Å². The number of carbonyl (C=O) groups is 1.